The number of aryl methyl sites for hydroxylation is 4. The van der Waals surface area contributed by atoms with Crippen LogP contribution in [0.1, 0.15) is 44.5 Å². The van der Waals surface area contributed by atoms with Crippen LogP contribution in [0.3, 0.4) is 0 Å². The van der Waals surface area contributed by atoms with Crippen LogP contribution < -0.4 is 10.9 Å². The Hall–Kier alpha value is -3.46. The maximum Gasteiger partial charge on any atom is 0.201 e. The van der Waals surface area contributed by atoms with Gasteiger partial charge < -0.3 is 9.13 Å². The largest absolute Gasteiger partial charge is 0.332 e. The van der Waals surface area contributed by atoms with Crippen LogP contribution in [0, 0.1) is 13.8 Å². The first-order valence-corrected chi connectivity index (χ1v) is 18.4. The van der Waals surface area contributed by atoms with Gasteiger partial charge in [-0.05, 0) is 64.8 Å². The fraction of sp³-hybridized carbons (Fsp3) is 0.355. The summed E-state index contributed by atoms with van der Waals surface area (Å²) in [5.41, 5.74) is 4.19. The second-order valence-electron chi connectivity index (χ2n) is 10.5. The minimum absolute atomic E-state index is 0.0577. The molecule has 0 radical (unpaired) electrons. The number of thioether (sulfide) groups is 2. The molecule has 0 N–H and O–H groups in total. The van der Waals surface area contributed by atoms with E-state index in [1.807, 2.05) is 73.5 Å². The summed E-state index contributed by atoms with van der Waals surface area (Å²) in [5, 5.41) is 19.9. The summed E-state index contributed by atoms with van der Waals surface area (Å²) < 4.78 is 5.73. The molecule has 0 aromatic carbocycles. The van der Waals surface area contributed by atoms with Gasteiger partial charge in [0.1, 0.15) is 11.3 Å². The predicted molar refractivity (Wildman–Crippen MR) is 186 cm³/mol. The number of pyridine rings is 4. The van der Waals surface area contributed by atoms with Crippen LogP contribution in [-0.2, 0) is 13.1 Å². The van der Waals surface area contributed by atoms with E-state index in [2.05, 4.69) is 30.4 Å². The van der Waals surface area contributed by atoms with Crippen molar-refractivity contribution in [3.8, 4) is 21.1 Å². The monoisotopic (exact) mass is 676 g/mol. The highest BCUT2D eigenvalue weighted by Gasteiger charge is 2.17. The third-order valence-corrected chi connectivity index (χ3v) is 11.7. The maximum absolute atomic E-state index is 13.2. The average Bonchev–Trinajstić information content (AvgIpc) is 3.71. The number of fused-ring (bicyclic) bond motifs is 2. The van der Waals surface area contributed by atoms with Gasteiger partial charge in [0.15, 0.2) is 18.7 Å². The minimum atomic E-state index is -0.0577. The third kappa shape index (κ3) is 6.74. The van der Waals surface area contributed by atoms with Gasteiger partial charge in [-0.3, -0.25) is 9.59 Å². The van der Waals surface area contributed by atoms with Crippen LogP contribution in [-0.4, -0.2) is 51.0 Å². The van der Waals surface area contributed by atoms with E-state index in [1.165, 1.54) is 22.7 Å². The maximum atomic E-state index is 13.2. The van der Waals surface area contributed by atoms with Gasteiger partial charge >= 0.3 is 0 Å². The van der Waals surface area contributed by atoms with E-state index in [4.69, 9.17) is 0 Å². The SMILES string of the molecule is CCn1cc(-c2nnc(SCCCCCSc3nnc(-c4cn(CC)c5nc(C)ccc5c4=O)s3)s2)c(=O)c2ccc(C)nc21. The normalized spacial score (nSPS) is 11.6. The first-order valence-electron chi connectivity index (χ1n) is 14.8. The lowest BCUT2D eigenvalue weighted by atomic mass is 10.2. The number of rotatable bonds is 12. The molecule has 0 unspecified atom stereocenters. The zero-order valence-corrected chi connectivity index (χ0v) is 28.7. The summed E-state index contributed by atoms with van der Waals surface area (Å²) in [6, 6.07) is 7.44. The molecule has 0 saturated carbocycles. The molecule has 10 nitrogen and oxygen atoms in total. The summed E-state index contributed by atoms with van der Waals surface area (Å²) in [6.45, 7) is 9.35. The molecule has 6 aromatic heterocycles. The first-order chi connectivity index (χ1) is 21.9. The molecule has 0 aliphatic heterocycles. The highest BCUT2D eigenvalue weighted by Crippen LogP contribution is 2.31. The van der Waals surface area contributed by atoms with E-state index in [9.17, 15) is 9.59 Å². The number of aromatic nitrogens is 8. The lowest BCUT2D eigenvalue weighted by molar-refractivity contribution is 0.776. The van der Waals surface area contributed by atoms with Crippen LogP contribution in [0.5, 0.6) is 0 Å². The summed E-state index contributed by atoms with van der Waals surface area (Å²) in [5.74, 6) is 1.87. The van der Waals surface area contributed by atoms with Crippen molar-refractivity contribution in [2.24, 2.45) is 0 Å². The Kier molecular flexibility index (Phi) is 9.73. The molecule has 0 amide bonds. The Balaban J connectivity index is 0.998. The first kappa shape index (κ1) is 31.5. The number of unbranched alkanes of at least 4 members (excludes halogenated alkanes) is 2. The van der Waals surface area contributed by atoms with Crippen LogP contribution in [0.4, 0.5) is 0 Å². The van der Waals surface area contributed by atoms with Crippen molar-refractivity contribution in [3.63, 3.8) is 0 Å². The molecule has 6 heterocycles. The summed E-state index contributed by atoms with van der Waals surface area (Å²) in [6.07, 6.45) is 6.88. The molecule has 0 spiro atoms. The van der Waals surface area contributed by atoms with Crippen molar-refractivity contribution in [1.29, 1.82) is 0 Å². The Labute approximate surface area is 276 Å². The smallest absolute Gasteiger partial charge is 0.201 e. The van der Waals surface area contributed by atoms with E-state index in [0.29, 0.717) is 56.3 Å². The van der Waals surface area contributed by atoms with E-state index in [1.54, 1.807) is 23.5 Å². The van der Waals surface area contributed by atoms with E-state index >= 15 is 0 Å². The van der Waals surface area contributed by atoms with Gasteiger partial charge in [0.25, 0.3) is 0 Å². The molecule has 0 bridgehead atoms. The molecule has 45 heavy (non-hydrogen) atoms. The molecular weight excluding hydrogens is 645 g/mol. The second-order valence-corrected chi connectivity index (χ2v) is 15.1. The second kappa shape index (κ2) is 13.9. The zero-order valence-electron chi connectivity index (χ0n) is 25.4. The average molecular weight is 677 g/mol. The fourth-order valence-corrected chi connectivity index (χ4v) is 8.82. The Morgan fingerprint density at radius 3 is 1.51 bits per heavy atom. The Bertz CT molecular complexity index is 1970. The van der Waals surface area contributed by atoms with Gasteiger partial charge in [0.05, 0.1) is 21.9 Å². The molecule has 0 atom stereocenters. The highest BCUT2D eigenvalue weighted by atomic mass is 32.2. The number of hydrogen-bond acceptors (Lipinski definition) is 12. The number of nitrogens with zero attached hydrogens (tertiary/aromatic N) is 8. The Morgan fingerprint density at radius 1 is 0.644 bits per heavy atom. The van der Waals surface area contributed by atoms with E-state index in [-0.39, 0.29) is 10.9 Å². The summed E-state index contributed by atoms with van der Waals surface area (Å²) in [7, 11) is 0. The Morgan fingerprint density at radius 2 is 1.09 bits per heavy atom. The quantitative estimate of drug-likeness (QED) is 0.100. The lowest BCUT2D eigenvalue weighted by Crippen LogP contribution is -2.13. The summed E-state index contributed by atoms with van der Waals surface area (Å²) >= 11 is 6.28. The molecular formula is C31H32N8O2S4. The van der Waals surface area contributed by atoms with Crippen LogP contribution in [0.2, 0.25) is 0 Å². The van der Waals surface area contributed by atoms with Gasteiger partial charge in [0.2, 0.25) is 10.9 Å². The standard InChI is InChI=1S/C31H32N8O2S4/c1-5-38-16-22(24(40)20-12-10-18(3)32-26(20)38)28-34-36-30(44-28)42-14-8-7-9-15-43-31-37-35-29(45-31)23-17-39(6-2)27-21(25(23)41)13-11-19(4)33-27/h10-13,16-17H,5-9,14-15H2,1-4H3. The highest BCUT2D eigenvalue weighted by molar-refractivity contribution is 8.01. The molecule has 0 saturated heterocycles. The van der Waals surface area contributed by atoms with Gasteiger partial charge in [-0.15, -0.1) is 20.4 Å². The zero-order chi connectivity index (χ0) is 31.5. The topological polar surface area (TPSA) is 121 Å². The van der Waals surface area contributed by atoms with Crippen molar-refractivity contribution in [2.45, 2.75) is 68.7 Å². The van der Waals surface area contributed by atoms with Crippen molar-refractivity contribution in [2.75, 3.05) is 11.5 Å². The van der Waals surface area contributed by atoms with Gasteiger partial charge in [-0.1, -0.05) is 52.6 Å². The van der Waals surface area contributed by atoms with E-state index < -0.39 is 0 Å². The fourth-order valence-electron chi connectivity index (χ4n) is 4.96. The third-order valence-electron chi connectivity index (χ3n) is 7.32. The van der Waals surface area contributed by atoms with Crippen molar-refractivity contribution >= 4 is 68.3 Å². The lowest BCUT2D eigenvalue weighted by Gasteiger charge is -2.09. The van der Waals surface area contributed by atoms with Crippen LogP contribution in [0.15, 0.2) is 54.9 Å². The van der Waals surface area contributed by atoms with Crippen molar-refractivity contribution < 1.29 is 0 Å². The number of hydrogen-bond donors (Lipinski definition) is 0. The molecule has 0 aliphatic rings. The minimum Gasteiger partial charge on any atom is -0.332 e. The van der Waals surface area contributed by atoms with Gasteiger partial charge in [-0.25, -0.2) is 9.97 Å². The molecule has 6 rings (SSSR count). The van der Waals surface area contributed by atoms with Crippen molar-refractivity contribution in [1.82, 2.24) is 39.5 Å². The predicted octanol–water partition coefficient (Wildman–Crippen LogP) is 6.85. The molecule has 6 aromatic rings. The summed E-state index contributed by atoms with van der Waals surface area (Å²) in [4.78, 5) is 35.6. The van der Waals surface area contributed by atoms with E-state index in [0.717, 1.165) is 50.8 Å². The van der Waals surface area contributed by atoms with Gasteiger partial charge in [0, 0.05) is 48.4 Å². The van der Waals surface area contributed by atoms with Crippen molar-refractivity contribution in [3.05, 3.63) is 68.5 Å². The molecule has 232 valence electrons. The van der Waals surface area contributed by atoms with Crippen LogP contribution in [0.25, 0.3) is 43.2 Å². The molecule has 0 aliphatic carbocycles. The molecule has 0 fully saturated rings. The molecule has 14 heteroatoms. The van der Waals surface area contributed by atoms with Gasteiger partial charge in [-0.2, -0.15) is 0 Å². The van der Waals surface area contributed by atoms with Crippen LogP contribution >= 0.6 is 46.2 Å².